The van der Waals surface area contributed by atoms with Gasteiger partial charge >= 0.3 is 0 Å². The van der Waals surface area contributed by atoms with Crippen LogP contribution in [-0.2, 0) is 14.3 Å². The van der Waals surface area contributed by atoms with Crippen LogP contribution in [0.5, 0.6) is 0 Å². The van der Waals surface area contributed by atoms with Crippen molar-refractivity contribution in [1.82, 2.24) is 0 Å². The summed E-state index contributed by atoms with van der Waals surface area (Å²) in [5.74, 6) is -0.0611. The second-order valence-electron chi connectivity index (χ2n) is 3.30. The van der Waals surface area contributed by atoms with Gasteiger partial charge in [-0.05, 0) is 25.3 Å². The number of hydrogen-bond donors (Lipinski definition) is 0. The Morgan fingerprint density at radius 1 is 1.69 bits per heavy atom. The van der Waals surface area contributed by atoms with E-state index in [0.29, 0.717) is 13.2 Å². The predicted octanol–water partition coefficient (Wildman–Crippen LogP) is 1.33. The largest absolute Gasteiger partial charge is 0.381 e. The highest BCUT2D eigenvalue weighted by Crippen LogP contribution is 2.26. The maximum Gasteiger partial charge on any atom is 0.189 e. The van der Waals surface area contributed by atoms with Crippen LogP contribution in [0.1, 0.15) is 19.3 Å². The van der Waals surface area contributed by atoms with Crippen LogP contribution in [0, 0.1) is 0 Å². The zero-order chi connectivity index (χ0) is 9.73. The van der Waals surface area contributed by atoms with Crippen LogP contribution >= 0.6 is 0 Å². The Labute approximate surface area is 78.7 Å². The zero-order valence-electron chi connectivity index (χ0n) is 8.04. The zero-order valence-corrected chi connectivity index (χ0v) is 8.04. The van der Waals surface area contributed by atoms with Gasteiger partial charge in [-0.2, -0.15) is 0 Å². The van der Waals surface area contributed by atoms with Crippen molar-refractivity contribution in [3.05, 3.63) is 12.7 Å². The highest BCUT2D eigenvalue weighted by Gasteiger charge is 2.39. The lowest BCUT2D eigenvalue weighted by molar-refractivity contribution is -0.155. The number of carbonyl (C=O) groups excluding carboxylic acids is 1. The van der Waals surface area contributed by atoms with Crippen molar-refractivity contribution in [2.24, 2.45) is 0 Å². The Balaban J connectivity index is 2.71. The van der Waals surface area contributed by atoms with E-state index in [1.54, 1.807) is 7.11 Å². The summed E-state index contributed by atoms with van der Waals surface area (Å²) in [6, 6.07) is 0. The Hall–Kier alpha value is -0.670. The SMILES string of the molecule is C=CC(=O)C1(COC)CCCCO1. The molecule has 1 saturated heterocycles. The molecule has 0 N–H and O–H groups in total. The van der Waals surface area contributed by atoms with E-state index in [9.17, 15) is 4.79 Å². The second kappa shape index (κ2) is 4.53. The van der Waals surface area contributed by atoms with E-state index in [1.807, 2.05) is 0 Å². The average Bonchev–Trinajstić information content (AvgIpc) is 2.18. The molecule has 3 nitrogen and oxygen atoms in total. The molecule has 0 aromatic carbocycles. The molecule has 1 aliphatic rings. The van der Waals surface area contributed by atoms with E-state index in [0.717, 1.165) is 19.3 Å². The van der Waals surface area contributed by atoms with E-state index in [-0.39, 0.29) is 5.78 Å². The normalized spacial score (nSPS) is 28.4. The smallest absolute Gasteiger partial charge is 0.189 e. The average molecular weight is 184 g/mol. The molecule has 1 atom stereocenters. The Morgan fingerprint density at radius 2 is 2.46 bits per heavy atom. The molecule has 1 aliphatic heterocycles. The molecular weight excluding hydrogens is 168 g/mol. The third-order valence-electron chi connectivity index (χ3n) is 2.37. The van der Waals surface area contributed by atoms with Crippen LogP contribution in [0.4, 0.5) is 0 Å². The molecule has 13 heavy (non-hydrogen) atoms. The molecule has 1 heterocycles. The summed E-state index contributed by atoms with van der Waals surface area (Å²) in [5.41, 5.74) is -0.741. The fraction of sp³-hybridized carbons (Fsp3) is 0.700. The lowest BCUT2D eigenvalue weighted by atomic mass is 9.90. The molecule has 0 radical (unpaired) electrons. The first-order valence-corrected chi connectivity index (χ1v) is 4.55. The Morgan fingerprint density at radius 3 is 2.92 bits per heavy atom. The molecule has 0 bridgehead atoms. The van der Waals surface area contributed by atoms with Crippen LogP contribution in [0.25, 0.3) is 0 Å². The second-order valence-corrected chi connectivity index (χ2v) is 3.30. The van der Waals surface area contributed by atoms with Crippen LogP contribution in [0.15, 0.2) is 12.7 Å². The molecule has 1 rings (SSSR count). The molecule has 1 fully saturated rings. The molecule has 0 aliphatic carbocycles. The molecule has 74 valence electrons. The highest BCUT2D eigenvalue weighted by molar-refractivity contribution is 5.96. The number of methoxy groups -OCH3 is 1. The number of ketones is 1. The van der Waals surface area contributed by atoms with Gasteiger partial charge in [0.1, 0.15) is 0 Å². The third kappa shape index (κ3) is 2.17. The van der Waals surface area contributed by atoms with Gasteiger partial charge in [-0.1, -0.05) is 6.58 Å². The van der Waals surface area contributed by atoms with Gasteiger partial charge in [-0.25, -0.2) is 0 Å². The Bertz CT molecular complexity index is 187. The summed E-state index contributed by atoms with van der Waals surface area (Å²) in [7, 11) is 1.58. The monoisotopic (exact) mass is 184 g/mol. The van der Waals surface area contributed by atoms with Crippen molar-refractivity contribution < 1.29 is 14.3 Å². The van der Waals surface area contributed by atoms with Gasteiger partial charge in [-0.15, -0.1) is 0 Å². The molecule has 3 heteroatoms. The molecule has 0 amide bonds. The van der Waals surface area contributed by atoms with Crippen LogP contribution in [0.3, 0.4) is 0 Å². The van der Waals surface area contributed by atoms with Crippen molar-refractivity contribution >= 4 is 5.78 Å². The molecule has 0 spiro atoms. The van der Waals surface area contributed by atoms with E-state index in [2.05, 4.69) is 6.58 Å². The van der Waals surface area contributed by atoms with Gasteiger partial charge in [0.2, 0.25) is 0 Å². The Kier molecular flexibility index (Phi) is 3.63. The number of rotatable bonds is 4. The number of carbonyl (C=O) groups is 1. The molecule has 0 saturated carbocycles. The maximum absolute atomic E-state index is 11.6. The summed E-state index contributed by atoms with van der Waals surface area (Å²) in [6.07, 6.45) is 4.11. The fourth-order valence-electron chi connectivity index (χ4n) is 1.65. The number of ether oxygens (including phenoxy) is 2. The van der Waals surface area contributed by atoms with Gasteiger partial charge in [-0.3, -0.25) is 4.79 Å². The fourth-order valence-corrected chi connectivity index (χ4v) is 1.65. The van der Waals surface area contributed by atoms with Gasteiger partial charge in [0.05, 0.1) is 6.61 Å². The van der Waals surface area contributed by atoms with Crippen molar-refractivity contribution in [2.45, 2.75) is 24.9 Å². The van der Waals surface area contributed by atoms with Crippen molar-refractivity contribution in [3.8, 4) is 0 Å². The minimum Gasteiger partial charge on any atom is -0.381 e. The van der Waals surface area contributed by atoms with Crippen LogP contribution in [-0.4, -0.2) is 31.7 Å². The van der Waals surface area contributed by atoms with Gasteiger partial charge in [0.25, 0.3) is 0 Å². The first-order valence-electron chi connectivity index (χ1n) is 4.55. The summed E-state index contributed by atoms with van der Waals surface area (Å²) < 4.78 is 10.5. The molecular formula is C10H16O3. The highest BCUT2D eigenvalue weighted by atomic mass is 16.5. The first-order chi connectivity index (χ1) is 6.25. The van der Waals surface area contributed by atoms with E-state index in [1.165, 1.54) is 6.08 Å². The topological polar surface area (TPSA) is 35.5 Å². The molecule has 0 aromatic rings. The van der Waals surface area contributed by atoms with Crippen molar-refractivity contribution in [2.75, 3.05) is 20.3 Å². The van der Waals surface area contributed by atoms with Gasteiger partial charge in [0.15, 0.2) is 11.4 Å². The third-order valence-corrected chi connectivity index (χ3v) is 2.37. The quantitative estimate of drug-likeness (QED) is 0.618. The standard InChI is InChI=1S/C10H16O3/c1-3-9(11)10(8-12-2)6-4-5-7-13-10/h3H,1,4-8H2,2H3. The van der Waals surface area contributed by atoms with Crippen molar-refractivity contribution in [1.29, 1.82) is 0 Å². The maximum atomic E-state index is 11.6. The minimum absolute atomic E-state index is 0.0611. The predicted molar refractivity (Wildman–Crippen MR) is 49.6 cm³/mol. The summed E-state index contributed by atoms with van der Waals surface area (Å²) in [5, 5.41) is 0. The van der Waals surface area contributed by atoms with E-state index < -0.39 is 5.60 Å². The number of hydrogen-bond acceptors (Lipinski definition) is 3. The van der Waals surface area contributed by atoms with Crippen LogP contribution in [0.2, 0.25) is 0 Å². The minimum atomic E-state index is -0.741. The van der Waals surface area contributed by atoms with Crippen LogP contribution < -0.4 is 0 Å². The molecule has 1 unspecified atom stereocenters. The van der Waals surface area contributed by atoms with E-state index in [4.69, 9.17) is 9.47 Å². The summed E-state index contributed by atoms with van der Waals surface area (Å²) in [6.45, 7) is 4.45. The van der Waals surface area contributed by atoms with Gasteiger partial charge < -0.3 is 9.47 Å². The summed E-state index contributed by atoms with van der Waals surface area (Å²) >= 11 is 0. The van der Waals surface area contributed by atoms with Crippen molar-refractivity contribution in [3.63, 3.8) is 0 Å². The lowest BCUT2D eigenvalue weighted by Crippen LogP contribution is -2.47. The molecule has 0 aromatic heterocycles. The first kappa shape index (κ1) is 10.4. The van der Waals surface area contributed by atoms with Gasteiger partial charge in [0, 0.05) is 13.7 Å². The summed E-state index contributed by atoms with van der Waals surface area (Å²) in [4.78, 5) is 11.6. The van der Waals surface area contributed by atoms with E-state index >= 15 is 0 Å². The lowest BCUT2D eigenvalue weighted by Gasteiger charge is -2.34.